The number of aryl methyl sites for hydroxylation is 1. The molecule has 2 N–H and O–H groups in total. The van der Waals surface area contributed by atoms with E-state index >= 15 is 0 Å². The number of fused-ring (bicyclic) bond motifs is 1. The first kappa shape index (κ1) is 28.3. The topological polar surface area (TPSA) is 140 Å². The molecule has 37 heavy (non-hydrogen) atoms. The van der Waals surface area contributed by atoms with Crippen molar-refractivity contribution in [2.45, 2.75) is 36.3 Å². The number of aliphatic carboxylic acids is 1. The minimum Gasteiger partial charge on any atom is -0.475 e. The van der Waals surface area contributed by atoms with Crippen LogP contribution in [0.4, 0.5) is 13.2 Å². The maximum absolute atomic E-state index is 13.0. The van der Waals surface area contributed by atoms with Gasteiger partial charge in [-0.05, 0) is 60.2 Å². The first-order valence-electron chi connectivity index (χ1n) is 10.4. The van der Waals surface area contributed by atoms with Crippen LogP contribution in [-0.2, 0) is 26.2 Å². The van der Waals surface area contributed by atoms with Gasteiger partial charge in [-0.15, -0.1) is 11.3 Å². The van der Waals surface area contributed by atoms with E-state index in [9.17, 15) is 26.4 Å². The summed E-state index contributed by atoms with van der Waals surface area (Å²) in [5.41, 5.74) is 1.67. The Hall–Kier alpha value is -3.25. The van der Waals surface area contributed by atoms with Crippen molar-refractivity contribution in [3.8, 4) is 6.07 Å². The maximum Gasteiger partial charge on any atom is 0.490 e. The molecular weight excluding hydrogens is 557 g/mol. The normalized spacial score (nSPS) is 15.8. The van der Waals surface area contributed by atoms with Crippen LogP contribution in [0.25, 0.3) is 10.1 Å². The molecule has 9 nitrogen and oxygen atoms in total. The molecule has 1 amide bonds. The second-order valence-corrected chi connectivity index (χ2v) is 11.2. The van der Waals surface area contributed by atoms with Gasteiger partial charge in [0.05, 0.1) is 0 Å². The summed E-state index contributed by atoms with van der Waals surface area (Å²) in [5.74, 6) is -3.04. The third-order valence-electron chi connectivity index (χ3n) is 5.25. The van der Waals surface area contributed by atoms with Crippen molar-refractivity contribution in [3.63, 3.8) is 0 Å². The first-order chi connectivity index (χ1) is 17.2. The number of rotatable bonds is 5. The molecule has 0 unspecified atom stereocenters. The average molecular weight is 575 g/mol. The van der Waals surface area contributed by atoms with Gasteiger partial charge >= 0.3 is 12.1 Å². The van der Waals surface area contributed by atoms with E-state index in [2.05, 4.69) is 9.71 Å². The number of halogens is 4. The lowest BCUT2D eigenvalue weighted by atomic mass is 10.2. The van der Waals surface area contributed by atoms with E-state index in [1.807, 2.05) is 6.07 Å². The Labute approximate surface area is 218 Å². The predicted octanol–water partition coefficient (Wildman–Crippen LogP) is 3.84. The molecule has 1 saturated heterocycles. The number of sulfonamides is 1. The fourth-order valence-electron chi connectivity index (χ4n) is 3.53. The number of carboxylic acids is 1. The van der Waals surface area contributed by atoms with E-state index in [0.717, 1.165) is 27.0 Å². The van der Waals surface area contributed by atoms with E-state index < -0.39 is 28.2 Å². The minimum atomic E-state index is -5.08. The number of benzene rings is 1. The highest BCUT2D eigenvalue weighted by Crippen LogP contribution is 2.35. The second-order valence-electron chi connectivity index (χ2n) is 7.84. The number of likely N-dealkylation sites (tertiary alicyclic amines) is 1. The number of nitriles is 1. The molecule has 1 aliphatic heterocycles. The van der Waals surface area contributed by atoms with Crippen LogP contribution >= 0.6 is 22.9 Å². The van der Waals surface area contributed by atoms with Gasteiger partial charge in [0.25, 0.3) is 10.0 Å². The monoisotopic (exact) mass is 574 g/mol. The summed E-state index contributed by atoms with van der Waals surface area (Å²) < 4.78 is 61.3. The first-order valence-corrected chi connectivity index (χ1v) is 13.1. The quantitative estimate of drug-likeness (QED) is 0.472. The number of carbonyl (C=O) groups excluding carboxylic acids is 1. The molecular formula is C22H18ClF3N4O5S2. The molecule has 0 aliphatic carbocycles. The number of nitrogens with zero attached hydrogens (tertiary/aromatic N) is 3. The van der Waals surface area contributed by atoms with E-state index in [1.54, 1.807) is 42.2 Å². The maximum atomic E-state index is 13.0. The summed E-state index contributed by atoms with van der Waals surface area (Å²) in [4.78, 5) is 27.2. The Balaban J connectivity index is 0.000000479. The van der Waals surface area contributed by atoms with Crippen LogP contribution in [-0.4, -0.2) is 54.0 Å². The Morgan fingerprint density at radius 2 is 2.03 bits per heavy atom. The molecule has 1 aliphatic rings. The Morgan fingerprint density at radius 3 is 2.65 bits per heavy atom. The van der Waals surface area contributed by atoms with Crippen LogP contribution in [0, 0.1) is 18.3 Å². The van der Waals surface area contributed by atoms with Crippen LogP contribution in [0.2, 0.25) is 5.02 Å². The molecule has 0 radical (unpaired) electrons. The van der Waals surface area contributed by atoms with Gasteiger partial charge in [-0.1, -0.05) is 11.6 Å². The fourth-order valence-corrected chi connectivity index (χ4v) is 6.69. The number of hydrogen-bond donors (Lipinski definition) is 2. The van der Waals surface area contributed by atoms with E-state index in [4.69, 9.17) is 26.8 Å². The van der Waals surface area contributed by atoms with Crippen molar-refractivity contribution in [1.82, 2.24) is 14.6 Å². The predicted molar refractivity (Wildman–Crippen MR) is 128 cm³/mol. The zero-order valence-corrected chi connectivity index (χ0v) is 21.3. The van der Waals surface area contributed by atoms with Gasteiger partial charge in [-0.25, -0.2) is 18.2 Å². The molecule has 15 heteroatoms. The van der Waals surface area contributed by atoms with Gasteiger partial charge < -0.3 is 10.0 Å². The molecule has 3 heterocycles. The molecule has 0 saturated carbocycles. The number of pyridine rings is 1. The van der Waals surface area contributed by atoms with Crippen LogP contribution in [0.5, 0.6) is 0 Å². The van der Waals surface area contributed by atoms with Gasteiger partial charge in [0.15, 0.2) is 0 Å². The van der Waals surface area contributed by atoms with Crippen LogP contribution in [0.3, 0.4) is 0 Å². The zero-order valence-electron chi connectivity index (χ0n) is 18.9. The fraction of sp³-hybridized carbons (Fsp3) is 0.273. The number of amides is 1. The van der Waals surface area contributed by atoms with Crippen LogP contribution < -0.4 is 4.72 Å². The van der Waals surface area contributed by atoms with Gasteiger partial charge in [0, 0.05) is 29.0 Å². The highest BCUT2D eigenvalue weighted by molar-refractivity contribution is 7.91. The molecule has 2 aromatic heterocycles. The second kappa shape index (κ2) is 11.0. The van der Waals surface area contributed by atoms with Crippen molar-refractivity contribution in [2.24, 2.45) is 0 Å². The third kappa shape index (κ3) is 6.75. The largest absolute Gasteiger partial charge is 0.490 e. The number of alkyl halides is 3. The van der Waals surface area contributed by atoms with Crippen molar-refractivity contribution < 1.29 is 36.3 Å². The van der Waals surface area contributed by atoms with Crippen molar-refractivity contribution in [1.29, 1.82) is 5.26 Å². The van der Waals surface area contributed by atoms with E-state index in [-0.39, 0.29) is 15.8 Å². The number of carboxylic acid groups (broad SMARTS) is 1. The number of hydrogen-bond acceptors (Lipinski definition) is 7. The highest BCUT2D eigenvalue weighted by Gasteiger charge is 2.38. The van der Waals surface area contributed by atoms with Gasteiger partial charge in [-0.3, -0.25) is 4.79 Å². The molecule has 0 bridgehead atoms. The summed E-state index contributed by atoms with van der Waals surface area (Å²) >= 11 is 7.20. The summed E-state index contributed by atoms with van der Waals surface area (Å²) in [7, 11) is -3.86. The standard InChI is InChI=1S/C20H17ClN4O3S2.C2HF3O2/c1-12-16-9-14(21)2-3-18(16)29-20(12)30(27,28)24-17-5-7-25(19(17)26)11-13-4-6-23-15(8-13)10-22;3-2(4,5)1(6)7/h2-4,6,8-9,17,24H,5,7,11H2,1H3;(H,6,7)/t17-;/m0./s1. The lowest BCUT2D eigenvalue weighted by Crippen LogP contribution is -2.41. The molecule has 196 valence electrons. The molecule has 1 fully saturated rings. The number of nitrogens with one attached hydrogen (secondary N) is 1. The smallest absolute Gasteiger partial charge is 0.475 e. The van der Waals surface area contributed by atoms with Crippen molar-refractivity contribution in [2.75, 3.05) is 6.54 Å². The SMILES string of the molecule is Cc1c(S(=O)(=O)N[C@H]2CCN(Cc3ccnc(C#N)c3)C2=O)sc2ccc(Cl)cc12.O=C(O)C(F)(F)F. The number of thiophene rings is 1. The molecule has 1 atom stereocenters. The lowest BCUT2D eigenvalue weighted by Gasteiger charge is -2.17. The highest BCUT2D eigenvalue weighted by atomic mass is 35.5. The average Bonchev–Trinajstić information content (AvgIpc) is 3.33. The van der Waals surface area contributed by atoms with Gasteiger partial charge in [0.1, 0.15) is 22.0 Å². The number of carbonyl (C=O) groups is 2. The number of aromatic nitrogens is 1. The van der Waals surface area contributed by atoms with Gasteiger partial charge in [0.2, 0.25) is 5.91 Å². The Morgan fingerprint density at radius 1 is 1.35 bits per heavy atom. The summed E-state index contributed by atoms with van der Waals surface area (Å²) in [6.45, 7) is 2.47. The summed E-state index contributed by atoms with van der Waals surface area (Å²) in [6.07, 6.45) is -3.19. The summed E-state index contributed by atoms with van der Waals surface area (Å²) in [6, 6.07) is 9.76. The van der Waals surface area contributed by atoms with E-state index in [0.29, 0.717) is 30.1 Å². The molecule has 3 aromatic rings. The third-order valence-corrected chi connectivity index (χ3v) is 8.85. The molecule has 0 spiro atoms. The van der Waals surface area contributed by atoms with E-state index in [1.165, 1.54) is 6.20 Å². The van der Waals surface area contributed by atoms with Crippen molar-refractivity contribution >= 4 is 54.9 Å². The van der Waals surface area contributed by atoms with Gasteiger partial charge in [-0.2, -0.15) is 23.2 Å². The molecule has 1 aromatic carbocycles. The lowest BCUT2D eigenvalue weighted by molar-refractivity contribution is -0.192. The molecule has 4 rings (SSSR count). The van der Waals surface area contributed by atoms with Crippen LogP contribution in [0.1, 0.15) is 23.2 Å². The Bertz CT molecular complexity index is 1500. The zero-order chi connectivity index (χ0) is 27.5. The Kier molecular flexibility index (Phi) is 8.43. The minimum absolute atomic E-state index is 0.193. The van der Waals surface area contributed by atoms with Crippen LogP contribution in [0.15, 0.2) is 40.7 Å². The summed E-state index contributed by atoms with van der Waals surface area (Å²) in [5, 5.41) is 17.4. The van der Waals surface area contributed by atoms with Crippen molar-refractivity contribution in [3.05, 3.63) is 58.4 Å².